The van der Waals surface area contributed by atoms with Crippen LogP contribution in [0, 0.1) is 27.7 Å². The molecule has 0 radical (unpaired) electrons. The highest BCUT2D eigenvalue weighted by Crippen LogP contribution is 2.35. The maximum atomic E-state index is 12.6. The molecule has 4 rings (SSSR count). The fourth-order valence-corrected chi connectivity index (χ4v) is 6.07. The van der Waals surface area contributed by atoms with Crippen LogP contribution in [0.4, 0.5) is 10.8 Å². The van der Waals surface area contributed by atoms with Gasteiger partial charge in [-0.2, -0.15) is 0 Å². The standard InChI is InChI=1S/C26H29N5OS2/c1-7-30-24(21-10-8-9-16(2)13-21)28-29-26(30)34-15-22-14-33-25(27-22)31(20(6)32)23-18(4)11-17(3)12-19(23)5/h8-14H,7,15H2,1-6H3. The molecule has 34 heavy (non-hydrogen) atoms. The lowest BCUT2D eigenvalue weighted by Crippen LogP contribution is -2.24. The van der Waals surface area contributed by atoms with Crippen LogP contribution in [0.25, 0.3) is 11.4 Å². The number of carbonyl (C=O) groups is 1. The summed E-state index contributed by atoms with van der Waals surface area (Å²) in [6.07, 6.45) is 0. The Bertz CT molecular complexity index is 1320. The van der Waals surface area contributed by atoms with Crippen molar-refractivity contribution in [3.8, 4) is 11.4 Å². The number of aromatic nitrogens is 4. The van der Waals surface area contributed by atoms with Crippen molar-refractivity contribution in [2.24, 2.45) is 0 Å². The molecule has 1 amide bonds. The van der Waals surface area contributed by atoms with Gasteiger partial charge in [-0.1, -0.05) is 53.2 Å². The minimum Gasteiger partial charge on any atom is -0.302 e. The Balaban J connectivity index is 1.56. The zero-order valence-electron chi connectivity index (χ0n) is 20.4. The predicted octanol–water partition coefficient (Wildman–Crippen LogP) is 6.63. The molecule has 0 atom stereocenters. The lowest BCUT2D eigenvalue weighted by atomic mass is 10.0. The van der Waals surface area contributed by atoms with Crippen molar-refractivity contribution < 1.29 is 4.79 Å². The third-order valence-electron chi connectivity index (χ3n) is 5.56. The van der Waals surface area contributed by atoms with Crippen molar-refractivity contribution in [1.82, 2.24) is 19.7 Å². The van der Waals surface area contributed by atoms with E-state index in [2.05, 4.69) is 65.9 Å². The van der Waals surface area contributed by atoms with Crippen LogP contribution in [0.3, 0.4) is 0 Å². The van der Waals surface area contributed by atoms with E-state index in [1.54, 1.807) is 23.6 Å². The third-order valence-corrected chi connectivity index (χ3v) is 7.44. The lowest BCUT2D eigenvalue weighted by Gasteiger charge is -2.23. The van der Waals surface area contributed by atoms with E-state index >= 15 is 0 Å². The summed E-state index contributed by atoms with van der Waals surface area (Å²) < 4.78 is 2.13. The third kappa shape index (κ3) is 4.93. The lowest BCUT2D eigenvalue weighted by molar-refractivity contribution is -0.115. The molecule has 8 heteroatoms. The average molecular weight is 492 g/mol. The Morgan fingerprint density at radius 2 is 1.79 bits per heavy atom. The van der Waals surface area contributed by atoms with E-state index in [9.17, 15) is 4.79 Å². The smallest absolute Gasteiger partial charge is 0.230 e. The van der Waals surface area contributed by atoms with Crippen LogP contribution in [0.2, 0.25) is 0 Å². The number of benzene rings is 2. The summed E-state index contributed by atoms with van der Waals surface area (Å²) in [6, 6.07) is 12.5. The summed E-state index contributed by atoms with van der Waals surface area (Å²) >= 11 is 3.10. The van der Waals surface area contributed by atoms with Gasteiger partial charge < -0.3 is 4.57 Å². The number of aryl methyl sites for hydroxylation is 4. The molecule has 2 aromatic heterocycles. The fourth-order valence-electron chi connectivity index (χ4n) is 4.19. The van der Waals surface area contributed by atoms with Gasteiger partial charge in [0, 0.05) is 30.2 Å². The minimum absolute atomic E-state index is 0.0443. The van der Waals surface area contributed by atoms with Crippen molar-refractivity contribution in [1.29, 1.82) is 0 Å². The maximum absolute atomic E-state index is 12.6. The molecule has 0 N–H and O–H groups in total. The van der Waals surface area contributed by atoms with Crippen LogP contribution < -0.4 is 4.90 Å². The van der Waals surface area contributed by atoms with Gasteiger partial charge in [0.2, 0.25) is 5.91 Å². The van der Waals surface area contributed by atoms with Crippen molar-refractivity contribution in [3.05, 3.63) is 69.7 Å². The van der Waals surface area contributed by atoms with E-state index in [1.807, 2.05) is 25.3 Å². The molecule has 2 aromatic carbocycles. The van der Waals surface area contributed by atoms with Gasteiger partial charge in [0.25, 0.3) is 0 Å². The SMILES string of the molecule is CCn1c(SCc2csc(N(C(C)=O)c3c(C)cc(C)cc3C)n2)nnc1-c1cccc(C)c1. The number of anilines is 2. The first-order valence-corrected chi connectivity index (χ1v) is 13.1. The molecule has 0 aliphatic carbocycles. The van der Waals surface area contributed by atoms with Crippen LogP contribution in [-0.4, -0.2) is 25.7 Å². The molecule has 0 aliphatic heterocycles. The second-order valence-electron chi connectivity index (χ2n) is 8.43. The van der Waals surface area contributed by atoms with Crippen LogP contribution in [0.15, 0.2) is 46.9 Å². The number of amides is 1. The van der Waals surface area contributed by atoms with Gasteiger partial charge in [-0.15, -0.1) is 21.5 Å². The van der Waals surface area contributed by atoms with E-state index in [1.165, 1.54) is 22.5 Å². The van der Waals surface area contributed by atoms with Crippen LogP contribution >= 0.6 is 23.1 Å². The summed E-state index contributed by atoms with van der Waals surface area (Å²) in [7, 11) is 0. The quantitative estimate of drug-likeness (QED) is 0.271. The molecule has 0 saturated heterocycles. The first-order valence-electron chi connectivity index (χ1n) is 11.2. The normalized spacial score (nSPS) is 11.1. The van der Waals surface area contributed by atoms with Gasteiger partial charge in [-0.3, -0.25) is 9.69 Å². The topological polar surface area (TPSA) is 63.9 Å². The van der Waals surface area contributed by atoms with Gasteiger partial charge in [-0.05, 0) is 51.8 Å². The van der Waals surface area contributed by atoms with Crippen LogP contribution in [-0.2, 0) is 17.1 Å². The highest BCUT2D eigenvalue weighted by Gasteiger charge is 2.22. The number of rotatable bonds is 7. The highest BCUT2D eigenvalue weighted by atomic mass is 32.2. The monoisotopic (exact) mass is 491 g/mol. The molecule has 6 nitrogen and oxygen atoms in total. The highest BCUT2D eigenvalue weighted by molar-refractivity contribution is 7.98. The molecule has 0 bridgehead atoms. The van der Waals surface area contributed by atoms with E-state index < -0.39 is 0 Å². The van der Waals surface area contributed by atoms with Gasteiger partial charge >= 0.3 is 0 Å². The summed E-state index contributed by atoms with van der Waals surface area (Å²) in [5, 5.41) is 12.5. The van der Waals surface area contributed by atoms with Crippen molar-refractivity contribution in [3.63, 3.8) is 0 Å². The van der Waals surface area contributed by atoms with Gasteiger partial charge in [0.15, 0.2) is 16.1 Å². The Morgan fingerprint density at radius 1 is 1.06 bits per heavy atom. The fraction of sp³-hybridized carbons (Fsp3) is 0.308. The van der Waals surface area contributed by atoms with Gasteiger partial charge in [0.05, 0.1) is 11.4 Å². The molecule has 2 heterocycles. The molecular formula is C26H29N5OS2. The van der Waals surface area contributed by atoms with E-state index in [0.717, 1.165) is 45.6 Å². The number of hydrogen-bond acceptors (Lipinski definition) is 6. The molecule has 4 aromatic rings. The number of hydrogen-bond donors (Lipinski definition) is 0. The Morgan fingerprint density at radius 3 is 2.44 bits per heavy atom. The van der Waals surface area contributed by atoms with Crippen molar-refractivity contribution in [2.45, 2.75) is 59.0 Å². The molecule has 0 aliphatic rings. The zero-order valence-corrected chi connectivity index (χ0v) is 22.0. The maximum Gasteiger partial charge on any atom is 0.230 e. The van der Waals surface area contributed by atoms with Crippen LogP contribution in [0.5, 0.6) is 0 Å². The number of thiazole rings is 1. The van der Waals surface area contributed by atoms with E-state index in [-0.39, 0.29) is 5.91 Å². The number of thioether (sulfide) groups is 1. The summed E-state index contributed by atoms with van der Waals surface area (Å²) in [5.74, 6) is 1.48. The molecule has 176 valence electrons. The first-order chi connectivity index (χ1) is 16.3. The zero-order chi connectivity index (χ0) is 24.4. The molecular weight excluding hydrogens is 462 g/mol. The summed E-state index contributed by atoms with van der Waals surface area (Å²) in [4.78, 5) is 19.2. The predicted molar refractivity (Wildman–Crippen MR) is 141 cm³/mol. The molecule has 0 unspecified atom stereocenters. The molecule has 0 spiro atoms. The van der Waals surface area contributed by atoms with Crippen molar-refractivity contribution in [2.75, 3.05) is 4.90 Å². The second-order valence-corrected chi connectivity index (χ2v) is 10.2. The Hall–Kier alpha value is -2.97. The summed E-state index contributed by atoms with van der Waals surface area (Å²) in [5.41, 5.74) is 7.42. The van der Waals surface area contributed by atoms with Gasteiger partial charge in [0.1, 0.15) is 0 Å². The Labute approximate surface area is 209 Å². The van der Waals surface area contributed by atoms with Gasteiger partial charge in [-0.25, -0.2) is 4.98 Å². The average Bonchev–Trinajstić information content (AvgIpc) is 3.41. The first kappa shape index (κ1) is 24.2. The Kier molecular flexibility index (Phi) is 7.19. The van der Waals surface area contributed by atoms with E-state index in [0.29, 0.717) is 10.9 Å². The number of nitrogens with zero attached hydrogens (tertiary/aromatic N) is 5. The summed E-state index contributed by atoms with van der Waals surface area (Å²) in [6.45, 7) is 12.7. The number of carbonyl (C=O) groups excluding carboxylic acids is 1. The molecule has 0 saturated carbocycles. The largest absolute Gasteiger partial charge is 0.302 e. The minimum atomic E-state index is -0.0443. The van der Waals surface area contributed by atoms with Crippen molar-refractivity contribution >= 4 is 39.8 Å². The second kappa shape index (κ2) is 10.1. The van der Waals surface area contributed by atoms with E-state index in [4.69, 9.17) is 4.98 Å². The van der Waals surface area contributed by atoms with Crippen LogP contribution in [0.1, 0.15) is 41.8 Å². The molecule has 0 fully saturated rings.